The first kappa shape index (κ1) is 12.2. The Morgan fingerprint density at radius 1 is 1.28 bits per heavy atom. The fraction of sp³-hybridized carbons (Fsp3) is 0.714. The summed E-state index contributed by atoms with van der Waals surface area (Å²) in [7, 11) is 0. The molecule has 2 aliphatic rings. The Bertz CT molecular complexity index is 398. The van der Waals surface area contributed by atoms with E-state index < -0.39 is 0 Å². The molecule has 0 aromatic carbocycles. The summed E-state index contributed by atoms with van der Waals surface area (Å²) in [5, 5.41) is 0.609. The average Bonchev–Trinajstić information content (AvgIpc) is 3.19. The van der Waals surface area contributed by atoms with Gasteiger partial charge in [0.25, 0.3) is 0 Å². The van der Waals surface area contributed by atoms with Crippen LogP contribution in [0.1, 0.15) is 32.6 Å². The molecule has 1 aromatic heterocycles. The van der Waals surface area contributed by atoms with Gasteiger partial charge in [-0.15, -0.1) is 0 Å². The van der Waals surface area contributed by atoms with Crippen molar-refractivity contribution in [2.24, 2.45) is 17.8 Å². The van der Waals surface area contributed by atoms with Gasteiger partial charge in [-0.25, -0.2) is 9.97 Å². The van der Waals surface area contributed by atoms with Crippen molar-refractivity contribution in [2.45, 2.75) is 32.6 Å². The van der Waals surface area contributed by atoms with Crippen molar-refractivity contribution in [1.29, 1.82) is 0 Å². The Kier molecular flexibility index (Phi) is 3.42. The normalized spacial score (nSPS) is 28.4. The topological polar surface area (TPSA) is 29.0 Å². The van der Waals surface area contributed by atoms with E-state index in [9.17, 15) is 0 Å². The molecule has 2 fully saturated rings. The molecule has 1 saturated heterocycles. The van der Waals surface area contributed by atoms with Crippen molar-refractivity contribution in [3.8, 4) is 0 Å². The molecule has 0 radical (unpaired) electrons. The SMILES string of the molecule is CC[C@@H]1C[C@H]1C1CCN(c2ncc(Cl)cn2)CC1. The Labute approximate surface area is 114 Å². The van der Waals surface area contributed by atoms with E-state index in [1.807, 2.05) is 0 Å². The molecule has 98 valence electrons. The van der Waals surface area contributed by atoms with Gasteiger partial charge in [0.15, 0.2) is 0 Å². The number of halogens is 1. The van der Waals surface area contributed by atoms with Crippen molar-refractivity contribution < 1.29 is 0 Å². The minimum atomic E-state index is 0.609. The van der Waals surface area contributed by atoms with Crippen LogP contribution in [0, 0.1) is 17.8 Å². The van der Waals surface area contributed by atoms with Crippen molar-refractivity contribution in [1.82, 2.24) is 9.97 Å². The number of rotatable bonds is 3. The van der Waals surface area contributed by atoms with Crippen LogP contribution in [0.15, 0.2) is 12.4 Å². The average molecular weight is 266 g/mol. The summed E-state index contributed by atoms with van der Waals surface area (Å²) < 4.78 is 0. The number of aromatic nitrogens is 2. The quantitative estimate of drug-likeness (QED) is 0.839. The predicted octanol–water partition coefficient (Wildman–Crippen LogP) is 3.39. The van der Waals surface area contributed by atoms with Crippen molar-refractivity contribution in [3.63, 3.8) is 0 Å². The summed E-state index contributed by atoms with van der Waals surface area (Å²) in [6.07, 6.45) is 8.80. The first-order valence-corrected chi connectivity index (χ1v) is 7.38. The van der Waals surface area contributed by atoms with Gasteiger partial charge in [-0.05, 0) is 37.0 Å². The smallest absolute Gasteiger partial charge is 0.225 e. The molecule has 1 saturated carbocycles. The van der Waals surface area contributed by atoms with E-state index in [4.69, 9.17) is 11.6 Å². The van der Waals surface area contributed by atoms with Crippen LogP contribution in [0.3, 0.4) is 0 Å². The van der Waals surface area contributed by atoms with Crippen LogP contribution >= 0.6 is 11.6 Å². The zero-order chi connectivity index (χ0) is 12.5. The Morgan fingerprint density at radius 3 is 2.50 bits per heavy atom. The second-order valence-electron chi connectivity index (χ2n) is 5.59. The molecule has 1 aliphatic heterocycles. The summed E-state index contributed by atoms with van der Waals surface area (Å²) in [6, 6.07) is 0. The zero-order valence-electron chi connectivity index (χ0n) is 10.8. The molecule has 4 heteroatoms. The van der Waals surface area contributed by atoms with Gasteiger partial charge in [0.2, 0.25) is 5.95 Å². The monoisotopic (exact) mass is 265 g/mol. The van der Waals surface area contributed by atoms with E-state index in [-0.39, 0.29) is 0 Å². The molecule has 18 heavy (non-hydrogen) atoms. The summed E-state index contributed by atoms with van der Waals surface area (Å²) in [4.78, 5) is 10.9. The lowest BCUT2D eigenvalue weighted by atomic mass is 9.91. The van der Waals surface area contributed by atoms with Crippen LogP contribution in [0.25, 0.3) is 0 Å². The maximum absolute atomic E-state index is 5.81. The molecule has 2 atom stereocenters. The molecule has 1 aliphatic carbocycles. The second-order valence-corrected chi connectivity index (χ2v) is 6.03. The van der Waals surface area contributed by atoms with Gasteiger partial charge >= 0.3 is 0 Å². The van der Waals surface area contributed by atoms with E-state index >= 15 is 0 Å². The molecule has 0 N–H and O–H groups in total. The molecule has 1 aromatic rings. The van der Waals surface area contributed by atoms with E-state index in [2.05, 4.69) is 21.8 Å². The number of hydrogen-bond acceptors (Lipinski definition) is 3. The maximum Gasteiger partial charge on any atom is 0.225 e. The molecule has 0 spiro atoms. The number of nitrogens with zero attached hydrogens (tertiary/aromatic N) is 3. The molecule has 3 nitrogen and oxygen atoms in total. The lowest BCUT2D eigenvalue weighted by Gasteiger charge is -2.32. The van der Waals surface area contributed by atoms with E-state index in [0.717, 1.165) is 36.8 Å². The Balaban J connectivity index is 1.55. The number of hydrogen-bond donors (Lipinski definition) is 0. The minimum Gasteiger partial charge on any atom is -0.341 e. The van der Waals surface area contributed by atoms with Gasteiger partial charge in [0.1, 0.15) is 0 Å². The lowest BCUT2D eigenvalue weighted by molar-refractivity contribution is 0.343. The lowest BCUT2D eigenvalue weighted by Crippen LogP contribution is -2.35. The molecular weight excluding hydrogens is 246 g/mol. The Hall–Kier alpha value is -0.830. The van der Waals surface area contributed by atoms with Crippen LogP contribution in [-0.2, 0) is 0 Å². The van der Waals surface area contributed by atoms with Gasteiger partial charge in [0, 0.05) is 13.1 Å². The second kappa shape index (κ2) is 5.04. The van der Waals surface area contributed by atoms with Crippen molar-refractivity contribution in [3.05, 3.63) is 17.4 Å². The highest BCUT2D eigenvalue weighted by atomic mass is 35.5. The van der Waals surface area contributed by atoms with Crippen LogP contribution in [-0.4, -0.2) is 23.1 Å². The summed E-state index contributed by atoms with van der Waals surface area (Å²) in [5.74, 6) is 3.82. The van der Waals surface area contributed by atoms with E-state index in [0.29, 0.717) is 5.02 Å². The number of piperidine rings is 1. The Morgan fingerprint density at radius 2 is 1.94 bits per heavy atom. The largest absolute Gasteiger partial charge is 0.341 e. The molecular formula is C14H20ClN3. The highest BCUT2D eigenvalue weighted by Crippen LogP contribution is 2.49. The number of anilines is 1. The molecule has 2 heterocycles. The standard InChI is InChI=1S/C14H20ClN3/c1-2-10-7-13(10)11-3-5-18(6-4-11)14-16-8-12(15)9-17-14/h8-11,13H,2-7H2,1H3/t10-,13-/m1/s1. The third-order valence-electron chi connectivity index (χ3n) is 4.54. The van der Waals surface area contributed by atoms with Gasteiger partial charge in [-0.2, -0.15) is 0 Å². The first-order chi connectivity index (χ1) is 8.78. The predicted molar refractivity (Wildman–Crippen MR) is 73.9 cm³/mol. The highest BCUT2D eigenvalue weighted by molar-refractivity contribution is 6.30. The van der Waals surface area contributed by atoms with Crippen LogP contribution in [0.2, 0.25) is 5.02 Å². The third kappa shape index (κ3) is 2.46. The van der Waals surface area contributed by atoms with Gasteiger partial charge < -0.3 is 4.90 Å². The fourth-order valence-corrected chi connectivity index (χ4v) is 3.41. The molecule has 0 amide bonds. The van der Waals surface area contributed by atoms with E-state index in [1.165, 1.54) is 25.7 Å². The summed E-state index contributed by atoms with van der Waals surface area (Å²) >= 11 is 5.81. The first-order valence-electron chi connectivity index (χ1n) is 7.00. The fourth-order valence-electron chi connectivity index (χ4n) is 3.31. The summed E-state index contributed by atoms with van der Waals surface area (Å²) in [6.45, 7) is 4.51. The third-order valence-corrected chi connectivity index (χ3v) is 4.73. The molecule has 0 unspecified atom stereocenters. The van der Waals surface area contributed by atoms with Gasteiger partial charge in [-0.1, -0.05) is 24.9 Å². The zero-order valence-corrected chi connectivity index (χ0v) is 11.6. The molecule has 3 rings (SSSR count). The maximum atomic E-state index is 5.81. The summed E-state index contributed by atoms with van der Waals surface area (Å²) in [5.41, 5.74) is 0. The van der Waals surface area contributed by atoms with Gasteiger partial charge in [-0.3, -0.25) is 0 Å². The minimum absolute atomic E-state index is 0.609. The van der Waals surface area contributed by atoms with Gasteiger partial charge in [0.05, 0.1) is 17.4 Å². The van der Waals surface area contributed by atoms with Crippen molar-refractivity contribution >= 4 is 17.5 Å². The van der Waals surface area contributed by atoms with Crippen LogP contribution < -0.4 is 4.90 Å². The van der Waals surface area contributed by atoms with Crippen LogP contribution in [0.4, 0.5) is 5.95 Å². The van der Waals surface area contributed by atoms with Crippen molar-refractivity contribution in [2.75, 3.05) is 18.0 Å². The van der Waals surface area contributed by atoms with Crippen LogP contribution in [0.5, 0.6) is 0 Å². The molecule has 0 bridgehead atoms. The highest BCUT2D eigenvalue weighted by Gasteiger charge is 2.42. The van der Waals surface area contributed by atoms with E-state index in [1.54, 1.807) is 12.4 Å².